The zero-order chi connectivity index (χ0) is 11.5. The van der Waals surface area contributed by atoms with Crippen LogP contribution in [0.25, 0.3) is 0 Å². The Hall–Kier alpha value is -1.19. The Morgan fingerprint density at radius 2 is 2.19 bits per heavy atom. The van der Waals surface area contributed by atoms with Crippen LogP contribution in [0.5, 0.6) is 0 Å². The molecule has 1 aromatic carbocycles. The summed E-state index contributed by atoms with van der Waals surface area (Å²) >= 11 is 1.61. The van der Waals surface area contributed by atoms with E-state index in [4.69, 9.17) is 0 Å². The Balaban J connectivity index is 2.11. The molecule has 84 valence electrons. The largest absolute Gasteiger partial charge is 0.388 e. The molecule has 1 heterocycles. The van der Waals surface area contributed by atoms with E-state index < -0.39 is 6.10 Å². The van der Waals surface area contributed by atoms with Crippen LogP contribution in [0.3, 0.4) is 0 Å². The van der Waals surface area contributed by atoms with Crippen molar-refractivity contribution in [3.05, 3.63) is 51.5 Å². The first kappa shape index (κ1) is 11.3. The maximum atomic E-state index is 10.1. The van der Waals surface area contributed by atoms with Crippen LogP contribution in [0.15, 0.2) is 29.6 Å². The number of aliphatic hydroxyl groups is 1. The fourth-order valence-corrected chi connectivity index (χ4v) is 2.47. The van der Waals surface area contributed by atoms with Crippen molar-refractivity contribution in [2.75, 3.05) is 0 Å². The van der Waals surface area contributed by atoms with Gasteiger partial charge in [-0.05, 0) is 19.4 Å². The van der Waals surface area contributed by atoms with E-state index in [0.717, 1.165) is 16.3 Å². The molecule has 0 amide bonds. The molecule has 1 aromatic heterocycles. The summed E-state index contributed by atoms with van der Waals surface area (Å²) in [6.07, 6.45) is 0.146. The molecule has 1 N–H and O–H groups in total. The topological polar surface area (TPSA) is 33.1 Å². The Morgan fingerprint density at radius 3 is 2.81 bits per heavy atom. The zero-order valence-electron chi connectivity index (χ0n) is 9.47. The molecule has 0 bridgehead atoms. The van der Waals surface area contributed by atoms with E-state index in [1.165, 1.54) is 5.56 Å². The van der Waals surface area contributed by atoms with E-state index in [2.05, 4.69) is 4.98 Å². The van der Waals surface area contributed by atoms with Gasteiger partial charge in [0.2, 0.25) is 0 Å². The summed E-state index contributed by atoms with van der Waals surface area (Å²) in [5.74, 6) is 0. The van der Waals surface area contributed by atoms with Gasteiger partial charge in [0.1, 0.15) is 0 Å². The lowest BCUT2D eigenvalue weighted by atomic mass is 10.0. The molecule has 0 radical (unpaired) electrons. The van der Waals surface area contributed by atoms with E-state index >= 15 is 0 Å². The maximum absolute atomic E-state index is 10.1. The number of hydrogen-bond acceptors (Lipinski definition) is 3. The van der Waals surface area contributed by atoms with Gasteiger partial charge in [0.25, 0.3) is 0 Å². The average molecular weight is 233 g/mol. The Morgan fingerprint density at radius 1 is 1.38 bits per heavy atom. The summed E-state index contributed by atoms with van der Waals surface area (Å²) in [7, 11) is 0. The molecule has 0 aliphatic heterocycles. The zero-order valence-corrected chi connectivity index (χ0v) is 10.3. The lowest BCUT2D eigenvalue weighted by molar-refractivity contribution is 0.178. The molecule has 0 spiro atoms. The quantitative estimate of drug-likeness (QED) is 0.884. The standard InChI is InChI=1S/C13H15NOS/c1-9-4-3-5-11(6-9)12(15)7-13-14-10(2)8-16-13/h3-6,8,12,15H,7H2,1-2H3. The second-order valence-electron chi connectivity index (χ2n) is 4.02. The molecule has 0 aliphatic rings. The Labute approximate surface area is 99.6 Å². The first-order valence-corrected chi connectivity index (χ1v) is 6.19. The lowest BCUT2D eigenvalue weighted by Gasteiger charge is -2.09. The number of aryl methyl sites for hydroxylation is 2. The number of rotatable bonds is 3. The van der Waals surface area contributed by atoms with E-state index in [-0.39, 0.29) is 0 Å². The number of hydrogen-bond donors (Lipinski definition) is 1. The SMILES string of the molecule is Cc1cccc(C(O)Cc2nc(C)cs2)c1. The molecule has 2 nitrogen and oxygen atoms in total. The van der Waals surface area contributed by atoms with Crippen molar-refractivity contribution in [2.24, 2.45) is 0 Å². The van der Waals surface area contributed by atoms with Gasteiger partial charge in [0.05, 0.1) is 11.1 Å². The minimum Gasteiger partial charge on any atom is -0.388 e. The summed E-state index contributed by atoms with van der Waals surface area (Å²) in [6, 6.07) is 7.98. The molecule has 1 unspecified atom stereocenters. The van der Waals surface area contributed by atoms with Gasteiger partial charge in [-0.2, -0.15) is 0 Å². The Bertz CT molecular complexity index is 478. The molecule has 16 heavy (non-hydrogen) atoms. The van der Waals surface area contributed by atoms with Crippen LogP contribution < -0.4 is 0 Å². The highest BCUT2D eigenvalue weighted by Gasteiger charge is 2.10. The molecule has 1 atom stereocenters. The van der Waals surface area contributed by atoms with Crippen LogP contribution in [0.2, 0.25) is 0 Å². The van der Waals surface area contributed by atoms with Crippen molar-refractivity contribution in [3.8, 4) is 0 Å². The fourth-order valence-electron chi connectivity index (χ4n) is 1.66. The molecule has 2 aromatic rings. The number of aliphatic hydroxyl groups excluding tert-OH is 1. The monoisotopic (exact) mass is 233 g/mol. The van der Waals surface area contributed by atoms with Gasteiger partial charge >= 0.3 is 0 Å². The van der Waals surface area contributed by atoms with Gasteiger partial charge in [0.15, 0.2) is 0 Å². The predicted octanol–water partition coefficient (Wildman–Crippen LogP) is 3.04. The molecule has 3 heteroatoms. The van der Waals surface area contributed by atoms with Gasteiger partial charge in [-0.1, -0.05) is 29.8 Å². The van der Waals surface area contributed by atoms with Crippen molar-refractivity contribution in [2.45, 2.75) is 26.4 Å². The molecule has 0 fully saturated rings. The van der Waals surface area contributed by atoms with Crippen molar-refractivity contribution in [1.82, 2.24) is 4.98 Å². The minimum absolute atomic E-state index is 0.453. The molecule has 2 rings (SSSR count). The molecular weight excluding hydrogens is 218 g/mol. The maximum Gasteiger partial charge on any atom is 0.0957 e. The first-order chi connectivity index (χ1) is 7.65. The van der Waals surface area contributed by atoms with Gasteiger partial charge in [0, 0.05) is 17.5 Å². The molecule has 0 saturated carbocycles. The van der Waals surface area contributed by atoms with Crippen LogP contribution in [0, 0.1) is 13.8 Å². The Kier molecular flexibility index (Phi) is 3.36. The highest BCUT2D eigenvalue weighted by atomic mass is 32.1. The summed E-state index contributed by atoms with van der Waals surface area (Å²) in [6.45, 7) is 4.00. The fraction of sp³-hybridized carbons (Fsp3) is 0.308. The third-order valence-corrected chi connectivity index (χ3v) is 3.45. The van der Waals surface area contributed by atoms with Crippen LogP contribution in [-0.4, -0.2) is 10.1 Å². The van der Waals surface area contributed by atoms with E-state index in [0.29, 0.717) is 6.42 Å². The summed E-state index contributed by atoms with van der Waals surface area (Å²) in [4.78, 5) is 4.36. The van der Waals surface area contributed by atoms with Crippen molar-refractivity contribution >= 4 is 11.3 Å². The summed E-state index contributed by atoms with van der Waals surface area (Å²) in [5.41, 5.74) is 3.16. The molecular formula is C13H15NOS. The van der Waals surface area contributed by atoms with Gasteiger partial charge in [-0.25, -0.2) is 4.98 Å². The highest BCUT2D eigenvalue weighted by molar-refractivity contribution is 7.09. The third kappa shape index (κ3) is 2.68. The van der Waals surface area contributed by atoms with Gasteiger partial charge in [-0.15, -0.1) is 11.3 Å². The summed E-state index contributed by atoms with van der Waals surface area (Å²) < 4.78 is 0. The number of thiazole rings is 1. The number of aromatic nitrogens is 1. The van der Waals surface area contributed by atoms with Crippen molar-refractivity contribution < 1.29 is 5.11 Å². The third-order valence-electron chi connectivity index (χ3n) is 2.46. The van der Waals surface area contributed by atoms with Crippen LogP contribution in [0.4, 0.5) is 0 Å². The van der Waals surface area contributed by atoms with Crippen LogP contribution >= 0.6 is 11.3 Å². The second kappa shape index (κ2) is 4.76. The van der Waals surface area contributed by atoms with Crippen molar-refractivity contribution in [3.63, 3.8) is 0 Å². The normalized spacial score (nSPS) is 12.7. The van der Waals surface area contributed by atoms with E-state index in [1.54, 1.807) is 11.3 Å². The van der Waals surface area contributed by atoms with Crippen molar-refractivity contribution in [1.29, 1.82) is 0 Å². The molecule has 0 aliphatic carbocycles. The molecule has 0 saturated heterocycles. The second-order valence-corrected chi connectivity index (χ2v) is 4.96. The highest BCUT2D eigenvalue weighted by Crippen LogP contribution is 2.21. The number of benzene rings is 1. The van der Waals surface area contributed by atoms with Crippen LogP contribution in [-0.2, 0) is 6.42 Å². The van der Waals surface area contributed by atoms with Gasteiger partial charge < -0.3 is 5.11 Å². The average Bonchev–Trinajstić information content (AvgIpc) is 2.64. The lowest BCUT2D eigenvalue weighted by Crippen LogP contribution is -2.01. The van der Waals surface area contributed by atoms with E-state index in [1.807, 2.05) is 43.5 Å². The van der Waals surface area contributed by atoms with E-state index in [9.17, 15) is 5.11 Å². The smallest absolute Gasteiger partial charge is 0.0957 e. The first-order valence-electron chi connectivity index (χ1n) is 5.31. The van der Waals surface area contributed by atoms with Gasteiger partial charge in [-0.3, -0.25) is 0 Å². The predicted molar refractivity (Wildman–Crippen MR) is 66.7 cm³/mol. The number of nitrogens with zero attached hydrogens (tertiary/aromatic N) is 1. The summed E-state index contributed by atoms with van der Waals surface area (Å²) in [5, 5.41) is 13.1. The van der Waals surface area contributed by atoms with Crippen LogP contribution in [0.1, 0.15) is 27.9 Å². The minimum atomic E-state index is -0.453.